The van der Waals surface area contributed by atoms with Crippen molar-refractivity contribution in [3.63, 3.8) is 0 Å². The Morgan fingerprint density at radius 3 is 2.71 bits per heavy atom. The largest absolute Gasteiger partial charge is 0.489 e. The van der Waals surface area contributed by atoms with E-state index in [4.69, 9.17) is 4.74 Å². The predicted octanol–water partition coefficient (Wildman–Crippen LogP) is 4.15. The minimum Gasteiger partial charge on any atom is -0.489 e. The van der Waals surface area contributed by atoms with Crippen molar-refractivity contribution in [2.24, 2.45) is 0 Å². The van der Waals surface area contributed by atoms with Crippen LogP contribution in [-0.2, 0) is 0 Å². The highest BCUT2D eigenvalue weighted by Crippen LogP contribution is 2.27. The lowest BCUT2D eigenvalue weighted by molar-refractivity contribution is 0.244. The topological polar surface area (TPSA) is 72.0 Å². The number of nitrogens with zero attached hydrogens (tertiary/aromatic N) is 3. The molecule has 1 aliphatic carbocycles. The molecule has 1 saturated carbocycles. The minimum absolute atomic E-state index is 0.103. The minimum atomic E-state index is 0.103. The number of rotatable bonds is 6. The molecule has 2 aromatic rings. The summed E-state index contributed by atoms with van der Waals surface area (Å²) >= 11 is 0. The number of benzene rings is 1. The van der Waals surface area contributed by atoms with Crippen LogP contribution in [0.5, 0.6) is 5.75 Å². The number of hydrogen-bond acceptors (Lipinski definition) is 6. The van der Waals surface area contributed by atoms with E-state index in [0.29, 0.717) is 12.0 Å². The number of aromatic nitrogens is 3. The highest BCUT2D eigenvalue weighted by Gasteiger charge is 2.14. The molecule has 6 nitrogen and oxygen atoms in total. The molecule has 128 valence electrons. The van der Waals surface area contributed by atoms with E-state index in [1.165, 1.54) is 32.1 Å². The Hall–Kier alpha value is -2.37. The van der Waals surface area contributed by atoms with Crippen molar-refractivity contribution >= 4 is 17.5 Å². The van der Waals surface area contributed by atoms with Gasteiger partial charge in [0.15, 0.2) is 5.82 Å². The smallest absolute Gasteiger partial charge is 0.249 e. The van der Waals surface area contributed by atoms with E-state index >= 15 is 0 Å². The van der Waals surface area contributed by atoms with E-state index in [1.807, 2.05) is 38.1 Å². The normalized spacial score (nSPS) is 15.3. The standard InChI is InChI=1S/C18H25N5O/c1-13(2)24-16-11-7-6-10-15(16)21-18-22-17(12-19-23-18)20-14-8-4-3-5-9-14/h6-7,10-14H,3-5,8-9H2,1-2H3,(H2,20,21,22,23). The molecule has 0 saturated heterocycles. The van der Waals surface area contributed by atoms with Gasteiger partial charge in [-0.15, -0.1) is 5.10 Å². The summed E-state index contributed by atoms with van der Waals surface area (Å²) < 4.78 is 5.82. The molecule has 0 radical (unpaired) electrons. The Balaban J connectivity index is 1.70. The number of hydrogen-bond donors (Lipinski definition) is 2. The monoisotopic (exact) mass is 327 g/mol. The summed E-state index contributed by atoms with van der Waals surface area (Å²) in [6.45, 7) is 4.01. The van der Waals surface area contributed by atoms with Crippen LogP contribution in [0, 0.1) is 0 Å². The molecule has 0 unspecified atom stereocenters. The first-order chi connectivity index (χ1) is 11.7. The lowest BCUT2D eigenvalue weighted by Crippen LogP contribution is -2.23. The maximum atomic E-state index is 5.82. The first-order valence-electron chi connectivity index (χ1n) is 8.69. The van der Waals surface area contributed by atoms with Gasteiger partial charge in [-0.2, -0.15) is 10.1 Å². The van der Waals surface area contributed by atoms with Crippen molar-refractivity contribution in [3.05, 3.63) is 30.5 Å². The van der Waals surface area contributed by atoms with Gasteiger partial charge in [0.1, 0.15) is 5.75 Å². The Labute approximate surface area is 143 Å². The van der Waals surface area contributed by atoms with E-state index in [2.05, 4.69) is 25.8 Å². The Morgan fingerprint density at radius 2 is 1.92 bits per heavy atom. The molecule has 0 atom stereocenters. The van der Waals surface area contributed by atoms with Gasteiger partial charge >= 0.3 is 0 Å². The van der Waals surface area contributed by atoms with E-state index in [-0.39, 0.29) is 6.10 Å². The van der Waals surface area contributed by atoms with Crippen LogP contribution in [0.1, 0.15) is 46.0 Å². The summed E-state index contributed by atoms with van der Waals surface area (Å²) in [5.41, 5.74) is 0.836. The maximum absolute atomic E-state index is 5.82. The summed E-state index contributed by atoms with van der Waals surface area (Å²) in [6.07, 6.45) is 8.06. The van der Waals surface area contributed by atoms with E-state index in [9.17, 15) is 0 Å². The summed E-state index contributed by atoms with van der Waals surface area (Å²) in [5, 5.41) is 14.8. The third-order valence-corrected chi connectivity index (χ3v) is 4.01. The van der Waals surface area contributed by atoms with Crippen LogP contribution in [-0.4, -0.2) is 27.3 Å². The first kappa shape index (κ1) is 16.5. The average Bonchev–Trinajstić information content (AvgIpc) is 2.57. The third kappa shape index (κ3) is 4.57. The molecule has 1 aromatic heterocycles. The molecule has 3 rings (SSSR count). The summed E-state index contributed by atoms with van der Waals surface area (Å²) in [4.78, 5) is 4.53. The summed E-state index contributed by atoms with van der Waals surface area (Å²) in [6, 6.07) is 8.26. The van der Waals surface area contributed by atoms with E-state index < -0.39 is 0 Å². The second kappa shape index (κ2) is 7.95. The van der Waals surface area contributed by atoms with Crippen LogP contribution in [0.25, 0.3) is 0 Å². The molecular weight excluding hydrogens is 302 g/mol. The molecular formula is C18H25N5O. The molecule has 2 N–H and O–H groups in total. The highest BCUT2D eigenvalue weighted by molar-refractivity contribution is 5.62. The molecule has 24 heavy (non-hydrogen) atoms. The molecule has 1 heterocycles. The average molecular weight is 327 g/mol. The number of ether oxygens (including phenoxy) is 1. The zero-order chi connectivity index (χ0) is 16.8. The van der Waals surface area contributed by atoms with E-state index in [1.54, 1.807) is 6.20 Å². The molecule has 1 aromatic carbocycles. The van der Waals surface area contributed by atoms with Crippen molar-refractivity contribution < 1.29 is 4.74 Å². The molecule has 0 bridgehead atoms. The number of anilines is 3. The quantitative estimate of drug-likeness (QED) is 0.830. The van der Waals surface area contributed by atoms with Gasteiger partial charge in [-0.25, -0.2) is 0 Å². The second-order valence-electron chi connectivity index (χ2n) is 6.43. The fourth-order valence-electron chi connectivity index (χ4n) is 2.93. The van der Waals surface area contributed by atoms with Gasteiger partial charge < -0.3 is 15.4 Å². The van der Waals surface area contributed by atoms with Gasteiger partial charge in [0.2, 0.25) is 5.95 Å². The molecule has 1 aliphatic rings. The van der Waals surface area contributed by atoms with E-state index in [0.717, 1.165) is 17.3 Å². The van der Waals surface area contributed by atoms with Crippen LogP contribution in [0.2, 0.25) is 0 Å². The van der Waals surface area contributed by atoms with Gasteiger partial charge in [0.05, 0.1) is 18.0 Å². The van der Waals surface area contributed by atoms with Crippen LogP contribution < -0.4 is 15.4 Å². The lowest BCUT2D eigenvalue weighted by Gasteiger charge is -2.23. The van der Waals surface area contributed by atoms with Crippen molar-refractivity contribution in [2.75, 3.05) is 10.6 Å². The van der Waals surface area contributed by atoms with Crippen LogP contribution in [0.4, 0.5) is 17.5 Å². The van der Waals surface area contributed by atoms with Gasteiger partial charge in [-0.05, 0) is 38.8 Å². The molecule has 0 aliphatic heterocycles. The molecule has 0 amide bonds. The Kier molecular flexibility index (Phi) is 5.46. The van der Waals surface area contributed by atoms with Gasteiger partial charge in [0.25, 0.3) is 0 Å². The lowest BCUT2D eigenvalue weighted by atomic mass is 9.96. The first-order valence-corrected chi connectivity index (χ1v) is 8.69. The third-order valence-electron chi connectivity index (χ3n) is 4.01. The van der Waals surface area contributed by atoms with Crippen LogP contribution in [0.15, 0.2) is 30.5 Å². The zero-order valence-corrected chi connectivity index (χ0v) is 14.3. The molecule has 6 heteroatoms. The zero-order valence-electron chi connectivity index (χ0n) is 14.3. The van der Waals surface area contributed by atoms with Gasteiger partial charge in [-0.1, -0.05) is 31.4 Å². The van der Waals surface area contributed by atoms with Crippen LogP contribution in [0.3, 0.4) is 0 Å². The summed E-state index contributed by atoms with van der Waals surface area (Å²) in [5.74, 6) is 2.01. The Morgan fingerprint density at radius 1 is 1.12 bits per heavy atom. The highest BCUT2D eigenvalue weighted by atomic mass is 16.5. The molecule has 0 spiro atoms. The maximum Gasteiger partial charge on any atom is 0.249 e. The van der Waals surface area contributed by atoms with Crippen molar-refractivity contribution in [2.45, 2.75) is 58.1 Å². The SMILES string of the molecule is CC(C)Oc1ccccc1Nc1nncc(NC2CCCCC2)n1. The molecule has 1 fully saturated rings. The number of nitrogens with one attached hydrogen (secondary N) is 2. The second-order valence-corrected chi connectivity index (χ2v) is 6.43. The van der Waals surface area contributed by atoms with Crippen LogP contribution >= 0.6 is 0 Å². The van der Waals surface area contributed by atoms with Crippen molar-refractivity contribution in [3.8, 4) is 5.75 Å². The van der Waals surface area contributed by atoms with Gasteiger partial charge in [0, 0.05) is 6.04 Å². The number of para-hydroxylation sites is 2. The summed E-state index contributed by atoms with van der Waals surface area (Å²) in [7, 11) is 0. The fourth-order valence-corrected chi connectivity index (χ4v) is 2.93. The Bertz CT molecular complexity index is 655. The van der Waals surface area contributed by atoms with Crippen molar-refractivity contribution in [1.82, 2.24) is 15.2 Å². The predicted molar refractivity (Wildman–Crippen MR) is 95.8 cm³/mol. The fraction of sp³-hybridized carbons (Fsp3) is 0.500. The van der Waals surface area contributed by atoms with Crippen molar-refractivity contribution in [1.29, 1.82) is 0 Å². The van der Waals surface area contributed by atoms with Gasteiger partial charge in [-0.3, -0.25) is 0 Å².